The molecule has 0 radical (unpaired) electrons. The van der Waals surface area contributed by atoms with E-state index in [1.165, 1.54) is 12.3 Å². The summed E-state index contributed by atoms with van der Waals surface area (Å²) in [6.07, 6.45) is 4.45. The largest absolute Gasteiger partial charge is 0.421 e. The third kappa shape index (κ3) is 6.04. The van der Waals surface area contributed by atoms with Gasteiger partial charge in [0.15, 0.2) is 5.75 Å². The van der Waals surface area contributed by atoms with Gasteiger partial charge in [-0.3, -0.25) is 4.79 Å². The number of hydrazone groups is 1. The summed E-state index contributed by atoms with van der Waals surface area (Å²) in [5, 5.41) is 4.05. The van der Waals surface area contributed by atoms with Crippen LogP contribution in [0.2, 0.25) is 0 Å². The second kappa shape index (κ2) is 10.7. The molecular formula is C25H18Br2N2O4. The van der Waals surface area contributed by atoms with Crippen molar-refractivity contribution in [1.82, 2.24) is 5.43 Å². The molecule has 0 fully saturated rings. The van der Waals surface area contributed by atoms with Crippen molar-refractivity contribution in [3.63, 3.8) is 0 Å². The van der Waals surface area contributed by atoms with E-state index in [-0.39, 0.29) is 11.7 Å². The van der Waals surface area contributed by atoms with Gasteiger partial charge in [-0.15, -0.1) is 0 Å². The first-order chi connectivity index (χ1) is 16.0. The highest BCUT2D eigenvalue weighted by Crippen LogP contribution is 2.32. The first-order valence-electron chi connectivity index (χ1n) is 9.96. The van der Waals surface area contributed by atoms with E-state index in [0.717, 1.165) is 21.2 Å². The van der Waals surface area contributed by atoms with E-state index in [1.807, 2.05) is 36.4 Å². The number of hydrogen-bond acceptors (Lipinski definition) is 5. The predicted molar refractivity (Wildman–Crippen MR) is 133 cm³/mol. The first kappa shape index (κ1) is 23.1. The molecule has 3 aromatic rings. The summed E-state index contributed by atoms with van der Waals surface area (Å²) in [7, 11) is 0. The maximum absolute atomic E-state index is 12.5. The topological polar surface area (TPSA) is 77.0 Å². The van der Waals surface area contributed by atoms with Crippen molar-refractivity contribution in [2.75, 3.05) is 0 Å². The summed E-state index contributed by atoms with van der Waals surface area (Å²) in [6, 6.07) is 18.3. The lowest BCUT2D eigenvalue weighted by atomic mass is 10.1. The number of nitrogens with zero attached hydrogens (tertiary/aromatic N) is 1. The molecule has 33 heavy (non-hydrogen) atoms. The molecule has 4 rings (SSSR count). The van der Waals surface area contributed by atoms with Crippen molar-refractivity contribution in [2.24, 2.45) is 5.10 Å². The number of carbonyl (C=O) groups excluding carboxylic acids is 2. The fourth-order valence-corrected chi connectivity index (χ4v) is 4.52. The van der Waals surface area contributed by atoms with Gasteiger partial charge < -0.3 is 9.47 Å². The zero-order valence-corrected chi connectivity index (χ0v) is 20.4. The van der Waals surface area contributed by atoms with E-state index >= 15 is 0 Å². The number of fused-ring (bicyclic) bond motifs is 1. The van der Waals surface area contributed by atoms with Crippen LogP contribution in [0.15, 0.2) is 80.8 Å². The van der Waals surface area contributed by atoms with Crippen molar-refractivity contribution in [3.8, 4) is 5.75 Å². The number of ether oxygens (including phenoxy) is 2. The smallest absolute Gasteiger partial charge is 0.336 e. The molecule has 1 heterocycles. The maximum Gasteiger partial charge on any atom is 0.336 e. The van der Waals surface area contributed by atoms with E-state index in [4.69, 9.17) is 9.47 Å². The van der Waals surface area contributed by atoms with Gasteiger partial charge in [0.25, 0.3) is 5.91 Å². The van der Waals surface area contributed by atoms with Crippen LogP contribution in [0.25, 0.3) is 6.08 Å². The third-order valence-electron chi connectivity index (χ3n) is 4.80. The summed E-state index contributed by atoms with van der Waals surface area (Å²) in [6.45, 7) is 1.06. The Morgan fingerprint density at radius 2 is 1.79 bits per heavy atom. The van der Waals surface area contributed by atoms with Gasteiger partial charge in [0, 0.05) is 21.7 Å². The molecule has 0 saturated heterocycles. The second-order valence-corrected chi connectivity index (χ2v) is 8.92. The lowest BCUT2D eigenvalue weighted by Crippen LogP contribution is -2.18. The Hall–Kier alpha value is -3.07. The second-order valence-electron chi connectivity index (χ2n) is 7.15. The van der Waals surface area contributed by atoms with Gasteiger partial charge in [-0.05, 0) is 63.0 Å². The molecule has 1 N–H and O–H groups in total. The number of esters is 1. The molecule has 1 amide bonds. The summed E-state index contributed by atoms with van der Waals surface area (Å²) in [4.78, 5) is 24.8. The third-order valence-corrected chi connectivity index (χ3v) is 5.85. The Kier molecular flexibility index (Phi) is 7.49. The SMILES string of the molecule is O=C(/C=C/c1ccccc1)Oc1c(Br)cc(Br)cc1C=NNC(=O)c1ccc2c(c1)COC2. The molecule has 0 saturated carbocycles. The van der Waals surface area contributed by atoms with Crippen LogP contribution in [0.1, 0.15) is 32.6 Å². The molecule has 1 aliphatic rings. The number of hydrogen-bond donors (Lipinski definition) is 1. The number of carbonyl (C=O) groups is 2. The lowest BCUT2D eigenvalue weighted by molar-refractivity contribution is -0.128. The van der Waals surface area contributed by atoms with E-state index in [9.17, 15) is 9.59 Å². The Morgan fingerprint density at radius 3 is 2.61 bits per heavy atom. The molecule has 3 aromatic carbocycles. The predicted octanol–water partition coefficient (Wildman–Crippen LogP) is 5.62. The van der Waals surface area contributed by atoms with Crippen molar-refractivity contribution in [2.45, 2.75) is 13.2 Å². The van der Waals surface area contributed by atoms with Crippen LogP contribution in [0.4, 0.5) is 0 Å². The summed E-state index contributed by atoms with van der Waals surface area (Å²) in [5.41, 5.74) is 6.47. The van der Waals surface area contributed by atoms with Crippen LogP contribution in [0.5, 0.6) is 5.75 Å². The first-order valence-corrected chi connectivity index (χ1v) is 11.5. The van der Waals surface area contributed by atoms with Gasteiger partial charge in [-0.1, -0.05) is 52.3 Å². The molecule has 0 aliphatic carbocycles. The van der Waals surface area contributed by atoms with Crippen LogP contribution < -0.4 is 10.2 Å². The fraction of sp³-hybridized carbons (Fsp3) is 0.0800. The Balaban J connectivity index is 1.47. The van der Waals surface area contributed by atoms with Crippen molar-refractivity contribution in [1.29, 1.82) is 0 Å². The Labute approximate surface area is 207 Å². The molecule has 0 spiro atoms. The highest BCUT2D eigenvalue weighted by molar-refractivity contribution is 9.11. The van der Waals surface area contributed by atoms with Gasteiger partial charge in [-0.2, -0.15) is 5.10 Å². The quantitative estimate of drug-likeness (QED) is 0.137. The van der Waals surface area contributed by atoms with E-state index in [0.29, 0.717) is 28.8 Å². The van der Waals surface area contributed by atoms with Crippen LogP contribution in [-0.4, -0.2) is 18.1 Å². The number of benzene rings is 3. The number of nitrogens with one attached hydrogen (secondary N) is 1. The molecule has 0 bridgehead atoms. The molecule has 166 valence electrons. The van der Waals surface area contributed by atoms with Crippen molar-refractivity contribution >= 4 is 56.0 Å². The average Bonchev–Trinajstić information content (AvgIpc) is 3.28. The molecule has 6 nitrogen and oxygen atoms in total. The molecule has 0 aromatic heterocycles. The van der Waals surface area contributed by atoms with Gasteiger partial charge >= 0.3 is 5.97 Å². The van der Waals surface area contributed by atoms with Crippen LogP contribution in [0.3, 0.4) is 0 Å². The normalized spacial score (nSPS) is 12.8. The van der Waals surface area contributed by atoms with Gasteiger partial charge in [-0.25, -0.2) is 10.2 Å². The van der Waals surface area contributed by atoms with E-state index in [1.54, 1.807) is 30.3 Å². The highest BCUT2D eigenvalue weighted by Gasteiger charge is 2.15. The highest BCUT2D eigenvalue weighted by atomic mass is 79.9. The minimum Gasteiger partial charge on any atom is -0.421 e. The maximum atomic E-state index is 12.5. The summed E-state index contributed by atoms with van der Waals surface area (Å²) < 4.78 is 12.2. The Morgan fingerprint density at radius 1 is 1.00 bits per heavy atom. The molecule has 1 aliphatic heterocycles. The van der Waals surface area contributed by atoms with Gasteiger partial charge in [0.05, 0.1) is 23.9 Å². The molecular weight excluding hydrogens is 552 g/mol. The Bertz CT molecular complexity index is 1260. The van der Waals surface area contributed by atoms with Crippen LogP contribution in [0, 0.1) is 0 Å². The van der Waals surface area contributed by atoms with Gasteiger partial charge in [0.1, 0.15) is 0 Å². The van der Waals surface area contributed by atoms with E-state index in [2.05, 4.69) is 42.4 Å². The van der Waals surface area contributed by atoms with Gasteiger partial charge in [0.2, 0.25) is 0 Å². The molecule has 0 unspecified atom stereocenters. The summed E-state index contributed by atoms with van der Waals surface area (Å²) in [5.74, 6) is -0.603. The van der Waals surface area contributed by atoms with Crippen molar-refractivity contribution < 1.29 is 19.1 Å². The number of amides is 1. The van der Waals surface area contributed by atoms with Crippen molar-refractivity contribution in [3.05, 3.63) is 104 Å². The lowest BCUT2D eigenvalue weighted by Gasteiger charge is -2.09. The van der Waals surface area contributed by atoms with Crippen LogP contribution >= 0.6 is 31.9 Å². The standard InChI is InChI=1S/C25H18Br2N2O4/c26-21-11-19(13-28-29-25(31)17-7-8-18-14-32-15-20(18)10-17)24(22(27)12-21)33-23(30)9-6-16-4-2-1-3-5-16/h1-13H,14-15H2,(H,29,31)/b9-6+,28-13?. The molecule has 0 atom stereocenters. The minimum atomic E-state index is -0.541. The summed E-state index contributed by atoms with van der Waals surface area (Å²) >= 11 is 6.83. The number of rotatable bonds is 6. The number of halogens is 2. The van der Waals surface area contributed by atoms with E-state index < -0.39 is 5.97 Å². The average molecular weight is 570 g/mol. The monoisotopic (exact) mass is 568 g/mol. The minimum absolute atomic E-state index is 0.286. The molecule has 8 heteroatoms. The zero-order valence-electron chi connectivity index (χ0n) is 17.3. The fourth-order valence-electron chi connectivity index (χ4n) is 3.19. The zero-order chi connectivity index (χ0) is 23.2. The van der Waals surface area contributed by atoms with Crippen LogP contribution in [-0.2, 0) is 22.7 Å².